The third-order valence-electron chi connectivity index (χ3n) is 3.16. The number of benzene rings is 1. The zero-order valence-electron chi connectivity index (χ0n) is 10.2. The molecule has 0 fully saturated rings. The molecule has 0 aliphatic heterocycles. The molecule has 1 aromatic heterocycles. The molecule has 0 unspecified atom stereocenters. The number of nitrogens with zero attached hydrogens (tertiary/aromatic N) is 2. The van der Waals surface area contributed by atoms with E-state index in [0.717, 1.165) is 17.4 Å². The Bertz CT molecular complexity index is 531. The lowest BCUT2D eigenvalue weighted by Crippen LogP contribution is -2.28. The van der Waals surface area contributed by atoms with Crippen LogP contribution in [0.2, 0.25) is 10.0 Å². The molecule has 0 saturated carbocycles. The molecule has 2 nitrogen and oxygen atoms in total. The third kappa shape index (κ3) is 2.59. The molecule has 0 spiro atoms. The van der Waals surface area contributed by atoms with Crippen molar-refractivity contribution in [2.75, 3.05) is 14.1 Å². The molecule has 1 heterocycles. The van der Waals surface area contributed by atoms with E-state index in [-0.39, 0.29) is 0 Å². The molecule has 2 aromatic rings. The molecule has 2 rings (SSSR count). The Morgan fingerprint density at radius 2 is 1.88 bits per heavy atom. The van der Waals surface area contributed by atoms with Crippen LogP contribution in [0.3, 0.4) is 0 Å². The highest BCUT2D eigenvalue weighted by Crippen LogP contribution is 2.28. The van der Waals surface area contributed by atoms with E-state index in [1.165, 1.54) is 0 Å². The molecular weight excluding hydrogens is 255 g/mol. The Labute approximate surface area is 112 Å². The highest BCUT2D eigenvalue weighted by molar-refractivity contribution is 6.42. The molecule has 0 amide bonds. The normalized spacial score (nSPS) is 13.5. The average molecular weight is 271 g/mol. The van der Waals surface area contributed by atoms with Gasteiger partial charge >= 0.3 is 0 Å². The average Bonchev–Trinajstić information content (AvgIpc) is 2.62. The van der Waals surface area contributed by atoms with Gasteiger partial charge in [0.05, 0.1) is 10.0 Å². The van der Waals surface area contributed by atoms with Crippen molar-refractivity contribution in [2.24, 2.45) is 0 Å². The Kier molecular flexibility index (Phi) is 3.67. The first-order valence-electron chi connectivity index (χ1n) is 5.59. The van der Waals surface area contributed by atoms with Gasteiger partial charge in [-0.05, 0) is 39.2 Å². The lowest BCUT2D eigenvalue weighted by molar-refractivity contribution is 0.286. The zero-order chi connectivity index (χ0) is 12.6. The second-order valence-electron chi connectivity index (χ2n) is 4.61. The lowest BCUT2D eigenvalue weighted by Gasteiger charge is -2.20. The van der Waals surface area contributed by atoms with Crippen LogP contribution in [0.5, 0.6) is 0 Å². The van der Waals surface area contributed by atoms with Gasteiger partial charge in [0.25, 0.3) is 0 Å². The molecule has 17 heavy (non-hydrogen) atoms. The molecule has 92 valence electrons. The van der Waals surface area contributed by atoms with Gasteiger partial charge in [-0.2, -0.15) is 0 Å². The molecular formula is C13H16Cl2N2. The minimum absolute atomic E-state index is 0.472. The number of aromatic nitrogens is 1. The highest BCUT2D eigenvalue weighted by atomic mass is 35.5. The van der Waals surface area contributed by atoms with Crippen LogP contribution in [0.25, 0.3) is 10.9 Å². The highest BCUT2D eigenvalue weighted by Gasteiger charge is 2.09. The second-order valence-corrected chi connectivity index (χ2v) is 5.42. The summed E-state index contributed by atoms with van der Waals surface area (Å²) in [5, 5.41) is 2.35. The first kappa shape index (κ1) is 12.7. The number of fused-ring (bicyclic) bond motifs is 1. The van der Waals surface area contributed by atoms with Gasteiger partial charge in [0.1, 0.15) is 0 Å². The summed E-state index contributed by atoms with van der Waals surface area (Å²) in [4.78, 5) is 2.20. The maximum atomic E-state index is 6.06. The summed E-state index contributed by atoms with van der Waals surface area (Å²) in [5.74, 6) is 0. The molecule has 0 aliphatic carbocycles. The molecule has 0 saturated heterocycles. The van der Waals surface area contributed by atoms with Crippen LogP contribution >= 0.6 is 23.2 Å². The van der Waals surface area contributed by atoms with Crippen molar-refractivity contribution in [1.82, 2.24) is 9.47 Å². The van der Waals surface area contributed by atoms with E-state index in [0.29, 0.717) is 16.1 Å². The topological polar surface area (TPSA) is 8.17 Å². The molecule has 0 bridgehead atoms. The standard InChI is InChI=1S/C13H16Cl2N2/c1-9(16(2)3)8-17-5-4-10-6-11(14)12(15)7-13(10)17/h4-7,9H,8H2,1-3H3/t9-/m1/s1. The van der Waals surface area contributed by atoms with Crippen molar-refractivity contribution in [3.8, 4) is 0 Å². The maximum Gasteiger partial charge on any atom is 0.0613 e. The van der Waals surface area contributed by atoms with Crippen LogP contribution in [0.15, 0.2) is 24.4 Å². The summed E-state index contributed by atoms with van der Waals surface area (Å²) in [6.07, 6.45) is 2.08. The fraction of sp³-hybridized carbons (Fsp3) is 0.385. The first-order valence-corrected chi connectivity index (χ1v) is 6.35. The predicted octanol–water partition coefficient (Wildman–Crippen LogP) is 3.90. The van der Waals surface area contributed by atoms with Gasteiger partial charge in [0.15, 0.2) is 0 Å². The van der Waals surface area contributed by atoms with E-state index in [1.54, 1.807) is 0 Å². The second kappa shape index (κ2) is 4.89. The number of rotatable bonds is 3. The number of hydrogen-bond donors (Lipinski definition) is 0. The maximum absolute atomic E-state index is 6.06. The Hall–Kier alpha value is -0.700. The van der Waals surface area contributed by atoms with Crippen molar-refractivity contribution in [3.63, 3.8) is 0 Å². The smallest absolute Gasteiger partial charge is 0.0613 e. The molecule has 1 atom stereocenters. The Morgan fingerprint density at radius 1 is 1.24 bits per heavy atom. The van der Waals surface area contributed by atoms with Gasteiger partial charge in [0.2, 0.25) is 0 Å². The number of halogens is 2. The van der Waals surface area contributed by atoms with Crippen LogP contribution in [-0.4, -0.2) is 29.6 Å². The summed E-state index contributed by atoms with van der Waals surface area (Å²) in [5.41, 5.74) is 1.13. The van der Waals surface area contributed by atoms with Crippen molar-refractivity contribution < 1.29 is 0 Å². The molecule has 0 aliphatic rings. The lowest BCUT2D eigenvalue weighted by atomic mass is 10.2. The number of likely N-dealkylation sites (N-methyl/N-ethyl adjacent to an activating group) is 1. The van der Waals surface area contributed by atoms with Crippen molar-refractivity contribution in [2.45, 2.75) is 19.5 Å². The van der Waals surface area contributed by atoms with Gasteiger partial charge in [-0.25, -0.2) is 0 Å². The fourth-order valence-electron chi connectivity index (χ4n) is 1.79. The van der Waals surface area contributed by atoms with E-state index in [1.807, 2.05) is 12.1 Å². The largest absolute Gasteiger partial charge is 0.346 e. The zero-order valence-corrected chi connectivity index (χ0v) is 11.8. The molecule has 0 radical (unpaired) electrons. The van der Waals surface area contributed by atoms with Crippen LogP contribution in [0.4, 0.5) is 0 Å². The molecule has 0 N–H and O–H groups in total. The van der Waals surface area contributed by atoms with E-state index >= 15 is 0 Å². The first-order chi connectivity index (χ1) is 7.99. The van der Waals surface area contributed by atoms with E-state index in [9.17, 15) is 0 Å². The summed E-state index contributed by atoms with van der Waals surface area (Å²) >= 11 is 12.1. The van der Waals surface area contributed by atoms with Gasteiger partial charge in [-0.3, -0.25) is 0 Å². The molecule has 4 heteroatoms. The molecule has 1 aromatic carbocycles. The third-order valence-corrected chi connectivity index (χ3v) is 3.88. The van der Waals surface area contributed by atoms with Crippen molar-refractivity contribution in [3.05, 3.63) is 34.4 Å². The van der Waals surface area contributed by atoms with Crippen LogP contribution in [-0.2, 0) is 6.54 Å². The Morgan fingerprint density at radius 3 is 2.53 bits per heavy atom. The minimum Gasteiger partial charge on any atom is -0.346 e. The van der Waals surface area contributed by atoms with E-state index in [2.05, 4.69) is 42.7 Å². The predicted molar refractivity (Wildman–Crippen MR) is 75.1 cm³/mol. The van der Waals surface area contributed by atoms with Gasteiger partial charge < -0.3 is 9.47 Å². The summed E-state index contributed by atoms with van der Waals surface area (Å²) in [7, 11) is 4.17. The monoisotopic (exact) mass is 270 g/mol. The minimum atomic E-state index is 0.472. The summed E-state index contributed by atoms with van der Waals surface area (Å²) < 4.78 is 2.21. The fourth-order valence-corrected chi connectivity index (χ4v) is 2.12. The Balaban J connectivity index is 2.39. The van der Waals surface area contributed by atoms with Crippen molar-refractivity contribution in [1.29, 1.82) is 0 Å². The van der Waals surface area contributed by atoms with Crippen LogP contribution in [0, 0.1) is 0 Å². The van der Waals surface area contributed by atoms with Crippen LogP contribution in [0.1, 0.15) is 6.92 Å². The quantitative estimate of drug-likeness (QED) is 0.822. The van der Waals surface area contributed by atoms with Crippen LogP contribution < -0.4 is 0 Å². The van der Waals surface area contributed by atoms with E-state index in [4.69, 9.17) is 23.2 Å². The van der Waals surface area contributed by atoms with Gasteiger partial charge in [-0.1, -0.05) is 23.2 Å². The number of hydrogen-bond acceptors (Lipinski definition) is 1. The summed E-state index contributed by atoms with van der Waals surface area (Å²) in [6.45, 7) is 3.14. The van der Waals surface area contributed by atoms with Gasteiger partial charge in [-0.15, -0.1) is 0 Å². The van der Waals surface area contributed by atoms with E-state index < -0.39 is 0 Å². The SMILES string of the molecule is C[C@H](Cn1ccc2cc(Cl)c(Cl)cc21)N(C)C. The van der Waals surface area contributed by atoms with Crippen molar-refractivity contribution >= 4 is 34.1 Å². The summed E-state index contributed by atoms with van der Waals surface area (Å²) in [6, 6.07) is 6.39. The van der Waals surface area contributed by atoms with Gasteiger partial charge in [0, 0.05) is 29.7 Å².